The van der Waals surface area contributed by atoms with E-state index < -0.39 is 35.6 Å². The normalized spacial score (nSPS) is 20.8. The number of aliphatic hydroxyl groups excluding tert-OH is 1. The van der Waals surface area contributed by atoms with Gasteiger partial charge in [-0.15, -0.1) is 0 Å². The van der Waals surface area contributed by atoms with Crippen molar-refractivity contribution in [3.8, 4) is 34.3 Å². The van der Waals surface area contributed by atoms with Crippen molar-refractivity contribution < 1.29 is 43.8 Å². The zero-order valence-electron chi connectivity index (χ0n) is 16.8. The van der Waals surface area contributed by atoms with Gasteiger partial charge in [-0.3, -0.25) is 4.79 Å². The zero-order valence-corrected chi connectivity index (χ0v) is 16.8. The Hall–Kier alpha value is -3.76. The first-order valence-corrected chi connectivity index (χ1v) is 9.67. The molecule has 3 atom stereocenters. The number of phenols is 2. The Morgan fingerprint density at radius 1 is 1.16 bits per heavy atom. The average Bonchev–Trinajstić information content (AvgIpc) is 2.73. The number of carboxylic acids is 1. The van der Waals surface area contributed by atoms with E-state index in [-0.39, 0.29) is 52.4 Å². The Kier molecular flexibility index (Phi) is 5.64. The summed E-state index contributed by atoms with van der Waals surface area (Å²) < 4.78 is 22.0. The highest BCUT2D eigenvalue weighted by molar-refractivity contribution is 5.89. The third-order valence-electron chi connectivity index (χ3n) is 5.09. The SMILES string of the molecule is COc1c(O[C@H]2C[C@@H](O)C[C@@H](C(=O)O)O2)cc2oc(-c3ccccc3O)cc(=O)c2c1O. The van der Waals surface area contributed by atoms with E-state index in [1.807, 2.05) is 0 Å². The molecule has 32 heavy (non-hydrogen) atoms. The lowest BCUT2D eigenvalue weighted by atomic mass is 10.1. The molecule has 0 amide bonds. The van der Waals surface area contributed by atoms with Crippen molar-refractivity contribution in [1.29, 1.82) is 0 Å². The molecule has 10 heteroatoms. The number of aliphatic carboxylic acids is 1. The van der Waals surface area contributed by atoms with Gasteiger partial charge in [0.1, 0.15) is 22.5 Å². The number of hydrogen-bond acceptors (Lipinski definition) is 9. The van der Waals surface area contributed by atoms with Crippen LogP contribution in [0, 0.1) is 0 Å². The van der Waals surface area contributed by atoms with Crippen LogP contribution < -0.4 is 14.9 Å². The van der Waals surface area contributed by atoms with Crippen LogP contribution in [0.5, 0.6) is 23.0 Å². The van der Waals surface area contributed by atoms with Gasteiger partial charge in [-0.05, 0) is 12.1 Å². The second-order valence-electron chi connectivity index (χ2n) is 7.26. The third-order valence-corrected chi connectivity index (χ3v) is 5.09. The van der Waals surface area contributed by atoms with Crippen LogP contribution in [-0.2, 0) is 9.53 Å². The Labute approximate surface area is 180 Å². The van der Waals surface area contributed by atoms with Gasteiger partial charge in [-0.1, -0.05) is 12.1 Å². The minimum absolute atomic E-state index is 0.0202. The van der Waals surface area contributed by atoms with E-state index in [2.05, 4.69) is 0 Å². The van der Waals surface area contributed by atoms with Gasteiger partial charge in [0.2, 0.25) is 12.0 Å². The third kappa shape index (κ3) is 3.93. The molecule has 4 rings (SSSR count). The molecule has 0 unspecified atom stereocenters. The molecule has 2 heterocycles. The molecule has 3 aromatic rings. The summed E-state index contributed by atoms with van der Waals surface area (Å²) in [6.45, 7) is 0. The molecular weight excluding hydrogens is 424 g/mol. The number of carboxylic acid groups (broad SMARTS) is 1. The number of rotatable bonds is 5. The average molecular weight is 444 g/mol. The van der Waals surface area contributed by atoms with Crippen LogP contribution in [0.15, 0.2) is 45.6 Å². The highest BCUT2D eigenvalue weighted by Crippen LogP contribution is 2.43. The number of ether oxygens (including phenoxy) is 3. The molecule has 1 fully saturated rings. The molecule has 0 bridgehead atoms. The topological polar surface area (TPSA) is 156 Å². The Bertz CT molecular complexity index is 1230. The van der Waals surface area contributed by atoms with Crippen molar-refractivity contribution >= 4 is 16.9 Å². The minimum Gasteiger partial charge on any atom is -0.507 e. The number of aromatic hydroxyl groups is 2. The molecule has 0 radical (unpaired) electrons. The second kappa shape index (κ2) is 8.40. The predicted octanol–water partition coefficient (Wildman–Crippen LogP) is 2.21. The molecule has 1 aliphatic heterocycles. The molecule has 0 aliphatic carbocycles. The van der Waals surface area contributed by atoms with E-state index in [1.165, 1.54) is 19.2 Å². The molecule has 0 spiro atoms. The molecule has 1 aromatic heterocycles. The van der Waals surface area contributed by atoms with Gasteiger partial charge in [-0.25, -0.2) is 4.79 Å². The summed E-state index contributed by atoms with van der Waals surface area (Å²) >= 11 is 0. The first kappa shape index (κ1) is 21.5. The fraction of sp³-hybridized carbons (Fsp3) is 0.273. The van der Waals surface area contributed by atoms with E-state index in [0.29, 0.717) is 0 Å². The van der Waals surface area contributed by atoms with Crippen molar-refractivity contribution in [2.24, 2.45) is 0 Å². The number of para-hydroxylation sites is 1. The number of fused-ring (bicyclic) bond motifs is 1. The van der Waals surface area contributed by atoms with Crippen molar-refractivity contribution in [2.45, 2.75) is 31.3 Å². The van der Waals surface area contributed by atoms with E-state index in [1.54, 1.807) is 18.2 Å². The molecule has 2 aromatic carbocycles. The van der Waals surface area contributed by atoms with Crippen LogP contribution in [0.4, 0.5) is 0 Å². The molecule has 4 N–H and O–H groups in total. The van der Waals surface area contributed by atoms with Crippen LogP contribution >= 0.6 is 0 Å². The standard InChI is InChI=1S/C22H20O10/c1-29-21-16(31-18-7-10(23)6-17(32-18)22(27)28)9-15-19(20(21)26)13(25)8-14(30-15)11-4-2-3-5-12(11)24/h2-5,8-10,17-18,23-24,26H,6-7H2,1H3,(H,27,28)/t10-,17-,18+/m0/s1. The summed E-state index contributed by atoms with van der Waals surface area (Å²) in [7, 11) is 1.25. The van der Waals surface area contributed by atoms with Crippen LogP contribution in [-0.4, -0.2) is 52.0 Å². The van der Waals surface area contributed by atoms with Crippen LogP contribution in [0.3, 0.4) is 0 Å². The lowest BCUT2D eigenvalue weighted by molar-refractivity contribution is -0.195. The van der Waals surface area contributed by atoms with Gasteiger partial charge in [0.15, 0.2) is 23.0 Å². The Balaban J connectivity index is 1.80. The minimum atomic E-state index is -1.27. The summed E-state index contributed by atoms with van der Waals surface area (Å²) in [5.74, 6) is -2.10. The summed E-state index contributed by atoms with van der Waals surface area (Å²) in [6, 6.07) is 8.69. The van der Waals surface area contributed by atoms with Crippen molar-refractivity contribution in [3.63, 3.8) is 0 Å². The van der Waals surface area contributed by atoms with Crippen molar-refractivity contribution in [1.82, 2.24) is 0 Å². The number of benzene rings is 2. The van der Waals surface area contributed by atoms with E-state index in [9.17, 15) is 30.0 Å². The Morgan fingerprint density at radius 2 is 1.91 bits per heavy atom. The zero-order chi connectivity index (χ0) is 23.0. The number of phenolic OH excluding ortho intramolecular Hbond substituents is 2. The Morgan fingerprint density at radius 3 is 2.59 bits per heavy atom. The summed E-state index contributed by atoms with van der Waals surface area (Å²) in [5.41, 5.74) is -0.371. The highest BCUT2D eigenvalue weighted by Gasteiger charge is 2.35. The summed E-state index contributed by atoms with van der Waals surface area (Å²) in [4.78, 5) is 24.0. The number of methoxy groups -OCH3 is 1. The smallest absolute Gasteiger partial charge is 0.333 e. The number of hydrogen-bond donors (Lipinski definition) is 4. The summed E-state index contributed by atoms with van der Waals surface area (Å²) in [6.07, 6.45) is -3.50. The van der Waals surface area contributed by atoms with E-state index >= 15 is 0 Å². The van der Waals surface area contributed by atoms with Gasteiger partial charge in [0.05, 0.1) is 18.8 Å². The van der Waals surface area contributed by atoms with Crippen molar-refractivity contribution in [2.75, 3.05) is 7.11 Å². The van der Waals surface area contributed by atoms with Crippen LogP contribution in [0.25, 0.3) is 22.3 Å². The molecule has 10 nitrogen and oxygen atoms in total. The first-order valence-electron chi connectivity index (χ1n) is 9.67. The van der Waals surface area contributed by atoms with Crippen LogP contribution in [0.2, 0.25) is 0 Å². The quantitative estimate of drug-likeness (QED) is 0.460. The van der Waals surface area contributed by atoms with Gasteiger partial charge in [-0.2, -0.15) is 0 Å². The first-order chi connectivity index (χ1) is 15.3. The highest BCUT2D eigenvalue weighted by atomic mass is 16.7. The van der Waals surface area contributed by atoms with Crippen LogP contribution in [0.1, 0.15) is 12.8 Å². The molecular formula is C22H20O10. The maximum absolute atomic E-state index is 12.7. The van der Waals surface area contributed by atoms with E-state index in [4.69, 9.17) is 18.6 Å². The summed E-state index contributed by atoms with van der Waals surface area (Å²) in [5, 5.41) is 39.7. The largest absolute Gasteiger partial charge is 0.507 e. The van der Waals surface area contributed by atoms with Gasteiger partial charge < -0.3 is 39.1 Å². The molecule has 1 aliphatic rings. The number of aliphatic hydroxyl groups is 1. The fourth-order valence-electron chi connectivity index (χ4n) is 3.60. The van der Waals surface area contributed by atoms with Gasteiger partial charge in [0.25, 0.3) is 0 Å². The van der Waals surface area contributed by atoms with Gasteiger partial charge >= 0.3 is 5.97 Å². The maximum atomic E-state index is 12.7. The second-order valence-corrected chi connectivity index (χ2v) is 7.26. The monoisotopic (exact) mass is 444 g/mol. The van der Waals surface area contributed by atoms with Gasteiger partial charge in [0, 0.05) is 25.0 Å². The molecule has 0 saturated carbocycles. The van der Waals surface area contributed by atoms with E-state index in [0.717, 1.165) is 6.07 Å². The molecule has 168 valence electrons. The number of carbonyl (C=O) groups is 1. The predicted molar refractivity (Wildman–Crippen MR) is 110 cm³/mol. The van der Waals surface area contributed by atoms with Crippen molar-refractivity contribution in [3.05, 3.63) is 46.6 Å². The fourth-order valence-corrected chi connectivity index (χ4v) is 3.60. The maximum Gasteiger partial charge on any atom is 0.333 e. The molecule has 1 saturated heterocycles. The lowest BCUT2D eigenvalue weighted by Gasteiger charge is -2.31. The lowest BCUT2D eigenvalue weighted by Crippen LogP contribution is -2.42.